The van der Waals surface area contributed by atoms with Crippen molar-refractivity contribution < 1.29 is 13.9 Å². The molecule has 23 heavy (non-hydrogen) atoms. The predicted octanol–water partition coefficient (Wildman–Crippen LogP) is 3.92. The molecule has 0 unspecified atom stereocenters. The second-order valence-electron chi connectivity index (χ2n) is 4.59. The van der Waals surface area contributed by atoms with Gasteiger partial charge in [0, 0.05) is 10.6 Å². The summed E-state index contributed by atoms with van der Waals surface area (Å²) in [7, 11) is 1.31. The van der Waals surface area contributed by atoms with Crippen LogP contribution in [0.15, 0.2) is 53.2 Å². The monoisotopic (exact) mass is 329 g/mol. The Hall–Kier alpha value is -2.86. The van der Waals surface area contributed by atoms with Crippen LogP contribution in [-0.4, -0.2) is 23.0 Å². The van der Waals surface area contributed by atoms with Gasteiger partial charge >= 0.3 is 5.97 Å². The summed E-state index contributed by atoms with van der Waals surface area (Å²) in [6.07, 6.45) is 3.11. The van der Waals surface area contributed by atoms with Crippen LogP contribution >= 0.6 is 11.6 Å². The van der Waals surface area contributed by atoms with Crippen molar-refractivity contribution in [2.75, 3.05) is 12.4 Å². The van der Waals surface area contributed by atoms with E-state index in [1.807, 2.05) is 12.1 Å². The molecule has 0 aliphatic carbocycles. The number of oxazole rings is 1. The minimum absolute atomic E-state index is 0.229. The van der Waals surface area contributed by atoms with E-state index >= 15 is 0 Å². The number of anilines is 2. The van der Waals surface area contributed by atoms with Crippen molar-refractivity contribution >= 4 is 29.3 Å². The first-order chi connectivity index (χ1) is 11.2. The SMILES string of the molecule is COC(=O)c1ccc(Nc2ncc(-c3ccc(Cl)cc3)o2)cn1. The average molecular weight is 330 g/mol. The fourth-order valence-electron chi connectivity index (χ4n) is 1.90. The molecule has 6 nitrogen and oxygen atoms in total. The number of hydrogen-bond donors (Lipinski definition) is 1. The van der Waals surface area contributed by atoms with Crippen molar-refractivity contribution in [3.05, 3.63) is 59.5 Å². The molecule has 116 valence electrons. The van der Waals surface area contributed by atoms with Gasteiger partial charge in [-0.05, 0) is 36.4 Å². The van der Waals surface area contributed by atoms with E-state index in [2.05, 4.69) is 20.0 Å². The molecule has 0 saturated heterocycles. The van der Waals surface area contributed by atoms with Crippen LogP contribution in [0.1, 0.15) is 10.5 Å². The molecule has 0 aliphatic heterocycles. The normalized spacial score (nSPS) is 10.3. The van der Waals surface area contributed by atoms with Crippen molar-refractivity contribution in [3.63, 3.8) is 0 Å². The molecule has 0 aliphatic rings. The molecular formula is C16H12ClN3O3. The molecule has 0 bridgehead atoms. The van der Waals surface area contributed by atoms with E-state index in [4.69, 9.17) is 16.0 Å². The molecule has 0 radical (unpaired) electrons. The minimum atomic E-state index is -0.488. The van der Waals surface area contributed by atoms with Crippen LogP contribution < -0.4 is 5.32 Å². The van der Waals surface area contributed by atoms with Gasteiger partial charge in [0.25, 0.3) is 6.01 Å². The van der Waals surface area contributed by atoms with Gasteiger partial charge in [-0.1, -0.05) is 11.6 Å². The first kappa shape index (κ1) is 15.1. The molecule has 0 amide bonds. The lowest BCUT2D eigenvalue weighted by atomic mass is 10.2. The maximum absolute atomic E-state index is 11.3. The highest BCUT2D eigenvalue weighted by atomic mass is 35.5. The van der Waals surface area contributed by atoms with E-state index in [-0.39, 0.29) is 5.69 Å². The molecule has 0 spiro atoms. The standard InChI is InChI=1S/C16H12ClN3O3/c1-22-15(21)13-7-6-12(8-18-13)20-16-19-9-14(23-16)10-2-4-11(17)5-3-10/h2-9H,1H3,(H,19,20). The molecule has 1 N–H and O–H groups in total. The molecule has 3 aromatic rings. The maximum Gasteiger partial charge on any atom is 0.356 e. The molecule has 1 aromatic carbocycles. The van der Waals surface area contributed by atoms with Gasteiger partial charge in [-0.15, -0.1) is 0 Å². The van der Waals surface area contributed by atoms with Crippen molar-refractivity contribution in [3.8, 4) is 11.3 Å². The number of pyridine rings is 1. The van der Waals surface area contributed by atoms with E-state index in [1.165, 1.54) is 13.3 Å². The second kappa shape index (κ2) is 6.50. The van der Waals surface area contributed by atoms with E-state index in [0.29, 0.717) is 22.5 Å². The molecule has 2 heterocycles. The number of ether oxygens (including phenoxy) is 1. The van der Waals surface area contributed by atoms with Crippen LogP contribution in [0.3, 0.4) is 0 Å². The number of esters is 1. The van der Waals surface area contributed by atoms with Gasteiger partial charge in [0.2, 0.25) is 0 Å². The van der Waals surface area contributed by atoms with Crippen molar-refractivity contribution in [1.29, 1.82) is 0 Å². The summed E-state index contributed by atoms with van der Waals surface area (Å²) in [5.41, 5.74) is 1.74. The number of hydrogen-bond acceptors (Lipinski definition) is 6. The zero-order chi connectivity index (χ0) is 16.2. The maximum atomic E-state index is 11.3. The largest absolute Gasteiger partial charge is 0.464 e. The minimum Gasteiger partial charge on any atom is -0.464 e. The Labute approximate surface area is 137 Å². The van der Waals surface area contributed by atoms with Gasteiger partial charge in [0.1, 0.15) is 5.69 Å². The van der Waals surface area contributed by atoms with Crippen LogP contribution in [0.5, 0.6) is 0 Å². The molecule has 0 fully saturated rings. The van der Waals surface area contributed by atoms with Gasteiger partial charge in [-0.2, -0.15) is 0 Å². The van der Waals surface area contributed by atoms with Crippen LogP contribution in [0.2, 0.25) is 5.02 Å². The molecule has 0 atom stereocenters. The summed E-state index contributed by atoms with van der Waals surface area (Å²) >= 11 is 5.86. The number of carbonyl (C=O) groups excluding carboxylic acids is 1. The molecule has 3 rings (SSSR count). The zero-order valence-electron chi connectivity index (χ0n) is 12.1. The van der Waals surface area contributed by atoms with E-state index < -0.39 is 5.97 Å². The third-order valence-electron chi connectivity index (χ3n) is 3.04. The van der Waals surface area contributed by atoms with Gasteiger partial charge in [0.15, 0.2) is 5.76 Å². The highest BCUT2D eigenvalue weighted by Gasteiger charge is 2.09. The third-order valence-corrected chi connectivity index (χ3v) is 3.30. The van der Waals surface area contributed by atoms with Crippen molar-refractivity contribution in [1.82, 2.24) is 9.97 Å². The Bertz CT molecular complexity index is 813. The van der Waals surface area contributed by atoms with Crippen LogP contribution in [0.25, 0.3) is 11.3 Å². The van der Waals surface area contributed by atoms with Gasteiger partial charge in [0.05, 0.1) is 25.2 Å². The highest BCUT2D eigenvalue weighted by Crippen LogP contribution is 2.25. The Morgan fingerprint density at radius 1 is 1.13 bits per heavy atom. The van der Waals surface area contributed by atoms with E-state index in [9.17, 15) is 4.79 Å². The summed E-state index contributed by atoms with van der Waals surface area (Å²) in [4.78, 5) is 19.5. The van der Waals surface area contributed by atoms with Crippen LogP contribution in [0.4, 0.5) is 11.7 Å². The Morgan fingerprint density at radius 2 is 1.91 bits per heavy atom. The summed E-state index contributed by atoms with van der Waals surface area (Å²) < 4.78 is 10.2. The Morgan fingerprint density at radius 3 is 2.57 bits per heavy atom. The predicted molar refractivity (Wildman–Crippen MR) is 85.8 cm³/mol. The highest BCUT2D eigenvalue weighted by molar-refractivity contribution is 6.30. The van der Waals surface area contributed by atoms with Gasteiger partial charge < -0.3 is 14.5 Å². The fraction of sp³-hybridized carbons (Fsp3) is 0.0625. The molecule has 2 aromatic heterocycles. The number of benzene rings is 1. The van der Waals surface area contributed by atoms with E-state index in [0.717, 1.165) is 5.56 Å². The number of aromatic nitrogens is 2. The molecule has 0 saturated carbocycles. The van der Waals surface area contributed by atoms with Gasteiger partial charge in [-0.3, -0.25) is 0 Å². The fourth-order valence-corrected chi connectivity index (χ4v) is 2.02. The first-order valence-electron chi connectivity index (χ1n) is 6.69. The van der Waals surface area contributed by atoms with Gasteiger partial charge in [-0.25, -0.2) is 14.8 Å². The average Bonchev–Trinajstić information content (AvgIpc) is 3.04. The lowest BCUT2D eigenvalue weighted by molar-refractivity contribution is 0.0594. The smallest absolute Gasteiger partial charge is 0.356 e. The summed E-state index contributed by atoms with van der Waals surface area (Å²) in [5.74, 6) is 0.126. The molecule has 7 heteroatoms. The number of rotatable bonds is 4. The van der Waals surface area contributed by atoms with Crippen LogP contribution in [0, 0.1) is 0 Å². The Balaban J connectivity index is 1.74. The first-order valence-corrected chi connectivity index (χ1v) is 7.06. The van der Waals surface area contributed by atoms with Crippen molar-refractivity contribution in [2.45, 2.75) is 0 Å². The quantitative estimate of drug-likeness (QED) is 0.731. The number of methoxy groups -OCH3 is 1. The topological polar surface area (TPSA) is 77.2 Å². The zero-order valence-corrected chi connectivity index (χ0v) is 12.9. The summed E-state index contributed by atoms with van der Waals surface area (Å²) in [5, 5.41) is 3.63. The number of nitrogens with one attached hydrogen (secondary N) is 1. The third kappa shape index (κ3) is 3.49. The Kier molecular flexibility index (Phi) is 4.25. The lowest BCUT2D eigenvalue weighted by Gasteiger charge is -2.02. The van der Waals surface area contributed by atoms with Crippen molar-refractivity contribution in [2.24, 2.45) is 0 Å². The lowest BCUT2D eigenvalue weighted by Crippen LogP contribution is -2.04. The van der Waals surface area contributed by atoms with Crippen LogP contribution in [-0.2, 0) is 4.74 Å². The number of nitrogens with zero attached hydrogens (tertiary/aromatic N) is 2. The summed E-state index contributed by atoms with van der Waals surface area (Å²) in [6.45, 7) is 0. The summed E-state index contributed by atoms with van der Waals surface area (Å²) in [6, 6.07) is 10.8. The number of halogens is 1. The second-order valence-corrected chi connectivity index (χ2v) is 5.02. The number of carbonyl (C=O) groups is 1. The van der Waals surface area contributed by atoms with E-state index in [1.54, 1.807) is 30.5 Å². The molecular weight excluding hydrogens is 318 g/mol.